The first kappa shape index (κ1) is 9.53. The van der Waals surface area contributed by atoms with Gasteiger partial charge in [-0.25, -0.2) is 4.79 Å². The van der Waals surface area contributed by atoms with E-state index in [2.05, 4.69) is 10.9 Å². The Morgan fingerprint density at radius 2 is 2.47 bits per heavy atom. The Bertz CT molecular complexity index is 397. The third-order valence-electron chi connectivity index (χ3n) is 2.23. The van der Waals surface area contributed by atoms with Crippen molar-refractivity contribution in [2.24, 2.45) is 0 Å². The fraction of sp³-hybridized carbons (Fsp3) is 0.273. The maximum atomic E-state index is 11.3. The second-order valence-electron chi connectivity index (χ2n) is 3.13. The van der Waals surface area contributed by atoms with Crippen LogP contribution in [0.1, 0.15) is 11.7 Å². The number of hydrogen-bond donors (Lipinski definition) is 0. The van der Waals surface area contributed by atoms with E-state index in [0.717, 1.165) is 0 Å². The standard InChI is InChI=1S/C11H10N2O2/c1-2-10(9-5-3-4-6-12-9)13-7-8-15-11(13)14/h1,3-6,10H,7-8H2. The highest BCUT2D eigenvalue weighted by atomic mass is 16.6. The van der Waals surface area contributed by atoms with Gasteiger partial charge in [0.15, 0.2) is 0 Å². The molecule has 1 aliphatic rings. The zero-order chi connectivity index (χ0) is 10.7. The van der Waals surface area contributed by atoms with Crippen molar-refractivity contribution >= 4 is 6.09 Å². The Morgan fingerprint density at radius 3 is 3.00 bits per heavy atom. The average molecular weight is 202 g/mol. The van der Waals surface area contributed by atoms with E-state index >= 15 is 0 Å². The van der Waals surface area contributed by atoms with E-state index in [-0.39, 0.29) is 6.09 Å². The van der Waals surface area contributed by atoms with E-state index in [1.54, 1.807) is 18.3 Å². The van der Waals surface area contributed by atoms with Crippen LogP contribution < -0.4 is 0 Å². The summed E-state index contributed by atoms with van der Waals surface area (Å²) in [5.41, 5.74) is 0.693. The predicted molar refractivity (Wildman–Crippen MR) is 53.9 cm³/mol. The number of carbonyl (C=O) groups excluding carboxylic acids is 1. The number of rotatable bonds is 2. The first-order valence-corrected chi connectivity index (χ1v) is 4.63. The van der Waals surface area contributed by atoms with Crippen LogP contribution in [-0.2, 0) is 4.74 Å². The smallest absolute Gasteiger partial charge is 0.411 e. The predicted octanol–water partition coefficient (Wildman–Crippen LogP) is 1.21. The summed E-state index contributed by atoms with van der Waals surface area (Å²) in [6, 6.07) is 5.02. The number of ether oxygens (including phenoxy) is 1. The fourth-order valence-corrected chi connectivity index (χ4v) is 1.51. The van der Waals surface area contributed by atoms with Crippen LogP contribution in [0.15, 0.2) is 24.4 Å². The lowest BCUT2D eigenvalue weighted by Crippen LogP contribution is -2.29. The average Bonchev–Trinajstić information content (AvgIpc) is 2.68. The van der Waals surface area contributed by atoms with Gasteiger partial charge in [-0.05, 0) is 12.1 Å². The van der Waals surface area contributed by atoms with Crippen LogP contribution >= 0.6 is 0 Å². The Kier molecular flexibility index (Phi) is 2.55. The van der Waals surface area contributed by atoms with Crippen LogP contribution in [0.5, 0.6) is 0 Å². The molecule has 15 heavy (non-hydrogen) atoms. The highest BCUT2D eigenvalue weighted by molar-refractivity contribution is 5.70. The molecule has 1 aromatic heterocycles. The van der Waals surface area contributed by atoms with Crippen LogP contribution in [-0.4, -0.2) is 29.1 Å². The summed E-state index contributed by atoms with van der Waals surface area (Å²) < 4.78 is 4.83. The van der Waals surface area contributed by atoms with Gasteiger partial charge in [-0.15, -0.1) is 6.42 Å². The summed E-state index contributed by atoms with van der Waals surface area (Å²) in [7, 11) is 0. The molecule has 76 valence electrons. The second-order valence-corrected chi connectivity index (χ2v) is 3.13. The van der Waals surface area contributed by atoms with Crippen LogP contribution in [0, 0.1) is 12.3 Å². The number of cyclic esters (lactones) is 1. The lowest BCUT2D eigenvalue weighted by Gasteiger charge is -2.19. The molecule has 1 aliphatic heterocycles. The quantitative estimate of drug-likeness (QED) is 0.677. The van der Waals surface area contributed by atoms with Gasteiger partial charge in [-0.3, -0.25) is 9.88 Å². The molecule has 0 aromatic carbocycles. The number of pyridine rings is 1. The van der Waals surface area contributed by atoms with E-state index in [0.29, 0.717) is 18.8 Å². The molecule has 0 spiro atoms. The minimum Gasteiger partial charge on any atom is -0.447 e. The van der Waals surface area contributed by atoms with Crippen molar-refractivity contribution in [1.29, 1.82) is 0 Å². The minimum atomic E-state index is -0.429. The Hall–Kier alpha value is -2.02. The molecule has 2 rings (SSSR count). The molecule has 0 bridgehead atoms. The molecule has 1 fully saturated rings. The largest absolute Gasteiger partial charge is 0.447 e. The Morgan fingerprint density at radius 1 is 1.60 bits per heavy atom. The number of aromatic nitrogens is 1. The van der Waals surface area contributed by atoms with E-state index in [1.165, 1.54) is 4.90 Å². The van der Waals surface area contributed by atoms with Crippen molar-refractivity contribution in [3.05, 3.63) is 30.1 Å². The molecule has 2 heterocycles. The molecule has 0 N–H and O–H groups in total. The van der Waals surface area contributed by atoms with Gasteiger partial charge < -0.3 is 4.74 Å². The van der Waals surface area contributed by atoms with Crippen molar-refractivity contribution < 1.29 is 9.53 Å². The van der Waals surface area contributed by atoms with Gasteiger partial charge in [0, 0.05) is 6.20 Å². The maximum absolute atomic E-state index is 11.3. The highest BCUT2D eigenvalue weighted by Gasteiger charge is 2.30. The van der Waals surface area contributed by atoms with Gasteiger partial charge in [0.2, 0.25) is 0 Å². The lowest BCUT2D eigenvalue weighted by molar-refractivity contribution is 0.153. The summed E-state index contributed by atoms with van der Waals surface area (Å²) in [5, 5.41) is 0. The van der Waals surface area contributed by atoms with E-state index in [4.69, 9.17) is 11.2 Å². The van der Waals surface area contributed by atoms with E-state index < -0.39 is 6.04 Å². The topological polar surface area (TPSA) is 42.4 Å². The van der Waals surface area contributed by atoms with Gasteiger partial charge in [-0.1, -0.05) is 12.0 Å². The van der Waals surface area contributed by atoms with Crippen molar-refractivity contribution in [3.63, 3.8) is 0 Å². The summed E-state index contributed by atoms with van der Waals surface area (Å²) >= 11 is 0. The molecule has 0 saturated carbocycles. The van der Waals surface area contributed by atoms with Gasteiger partial charge in [0.05, 0.1) is 12.2 Å². The molecule has 4 nitrogen and oxygen atoms in total. The molecular formula is C11H10N2O2. The second kappa shape index (κ2) is 4.01. The molecule has 1 unspecified atom stereocenters. The first-order chi connectivity index (χ1) is 7.33. The molecular weight excluding hydrogens is 192 g/mol. The summed E-state index contributed by atoms with van der Waals surface area (Å²) in [5.74, 6) is 2.55. The third-order valence-corrected chi connectivity index (χ3v) is 2.23. The van der Waals surface area contributed by atoms with Crippen LogP contribution in [0.4, 0.5) is 4.79 Å². The molecule has 1 aromatic rings. The zero-order valence-electron chi connectivity index (χ0n) is 8.09. The summed E-state index contributed by atoms with van der Waals surface area (Å²) in [4.78, 5) is 17.0. The van der Waals surface area contributed by atoms with Crippen molar-refractivity contribution in [3.8, 4) is 12.3 Å². The molecule has 0 radical (unpaired) electrons. The van der Waals surface area contributed by atoms with E-state index in [9.17, 15) is 4.79 Å². The van der Waals surface area contributed by atoms with E-state index in [1.807, 2.05) is 6.07 Å². The van der Waals surface area contributed by atoms with Crippen LogP contribution in [0.2, 0.25) is 0 Å². The lowest BCUT2D eigenvalue weighted by atomic mass is 10.2. The third kappa shape index (κ3) is 1.77. The molecule has 0 aliphatic carbocycles. The minimum absolute atomic E-state index is 0.372. The Balaban J connectivity index is 2.26. The molecule has 1 atom stereocenters. The van der Waals surface area contributed by atoms with Crippen molar-refractivity contribution in [2.45, 2.75) is 6.04 Å². The first-order valence-electron chi connectivity index (χ1n) is 4.63. The van der Waals surface area contributed by atoms with Crippen LogP contribution in [0.25, 0.3) is 0 Å². The number of carbonyl (C=O) groups is 1. The molecule has 1 saturated heterocycles. The maximum Gasteiger partial charge on any atom is 0.411 e. The van der Waals surface area contributed by atoms with Gasteiger partial charge in [0.25, 0.3) is 0 Å². The number of hydrogen-bond acceptors (Lipinski definition) is 3. The zero-order valence-corrected chi connectivity index (χ0v) is 8.09. The number of nitrogens with zero attached hydrogens (tertiary/aromatic N) is 2. The molecule has 1 amide bonds. The number of amides is 1. The van der Waals surface area contributed by atoms with Crippen molar-refractivity contribution in [2.75, 3.05) is 13.2 Å². The fourth-order valence-electron chi connectivity index (χ4n) is 1.51. The summed E-state index contributed by atoms with van der Waals surface area (Å²) in [6.07, 6.45) is 6.69. The molecule has 4 heteroatoms. The normalized spacial score (nSPS) is 17.0. The SMILES string of the molecule is C#CC(c1ccccn1)N1CCOC1=O. The Labute approximate surface area is 87.9 Å². The highest BCUT2D eigenvalue weighted by Crippen LogP contribution is 2.21. The van der Waals surface area contributed by atoms with Gasteiger partial charge >= 0.3 is 6.09 Å². The van der Waals surface area contributed by atoms with Crippen molar-refractivity contribution in [1.82, 2.24) is 9.88 Å². The summed E-state index contributed by atoms with van der Waals surface area (Å²) in [6.45, 7) is 0.911. The number of terminal acetylenes is 1. The van der Waals surface area contributed by atoms with Gasteiger partial charge in [-0.2, -0.15) is 0 Å². The monoisotopic (exact) mass is 202 g/mol. The van der Waals surface area contributed by atoms with Crippen LogP contribution in [0.3, 0.4) is 0 Å². The van der Waals surface area contributed by atoms with Gasteiger partial charge in [0.1, 0.15) is 12.6 Å².